The van der Waals surface area contributed by atoms with Crippen LogP contribution in [0.4, 0.5) is 11.4 Å². The topological polar surface area (TPSA) is 110 Å². The molecule has 0 aliphatic carbocycles. The van der Waals surface area contributed by atoms with Gasteiger partial charge in [-0.2, -0.15) is 0 Å². The predicted octanol–water partition coefficient (Wildman–Crippen LogP) is 2.12. The van der Waals surface area contributed by atoms with Crippen molar-refractivity contribution < 1.29 is 19.3 Å². The van der Waals surface area contributed by atoms with Crippen molar-refractivity contribution in [1.29, 1.82) is 0 Å². The number of fused-ring (bicyclic) bond motifs is 1. The summed E-state index contributed by atoms with van der Waals surface area (Å²) in [5, 5.41) is 13.4. The van der Waals surface area contributed by atoms with Gasteiger partial charge in [-0.05, 0) is 18.2 Å². The van der Waals surface area contributed by atoms with E-state index in [2.05, 4.69) is 17.9 Å². The first-order chi connectivity index (χ1) is 11.9. The van der Waals surface area contributed by atoms with Crippen LogP contribution in [-0.2, 0) is 4.79 Å². The molecule has 1 aliphatic heterocycles. The zero-order chi connectivity index (χ0) is 18.1. The van der Waals surface area contributed by atoms with Gasteiger partial charge in [0.1, 0.15) is 6.54 Å². The van der Waals surface area contributed by atoms with Crippen LogP contribution in [-0.4, -0.2) is 34.1 Å². The maximum atomic E-state index is 12.3. The number of thiol groups is 1. The number of hydrogen-bond acceptors (Lipinski definition) is 6. The number of nitrogens with zero attached hydrogens (tertiary/aromatic N) is 2. The fourth-order valence-electron chi connectivity index (χ4n) is 2.45. The fourth-order valence-corrected chi connectivity index (χ4v) is 2.67. The quantitative estimate of drug-likeness (QED) is 0.377. The van der Waals surface area contributed by atoms with Crippen LogP contribution in [0.1, 0.15) is 20.7 Å². The van der Waals surface area contributed by atoms with Gasteiger partial charge in [0.25, 0.3) is 17.5 Å². The van der Waals surface area contributed by atoms with Gasteiger partial charge in [-0.1, -0.05) is 12.1 Å². The molecule has 3 rings (SSSR count). The number of nitro groups is 1. The van der Waals surface area contributed by atoms with E-state index in [9.17, 15) is 24.5 Å². The number of carbonyl (C=O) groups is 3. The molecule has 0 radical (unpaired) electrons. The Kier molecular flexibility index (Phi) is 4.24. The van der Waals surface area contributed by atoms with Crippen LogP contribution in [0.5, 0.6) is 0 Å². The highest BCUT2D eigenvalue weighted by atomic mass is 32.1. The second-order valence-electron chi connectivity index (χ2n) is 5.25. The van der Waals surface area contributed by atoms with E-state index >= 15 is 0 Å². The molecule has 1 heterocycles. The van der Waals surface area contributed by atoms with E-state index in [1.165, 1.54) is 6.07 Å². The van der Waals surface area contributed by atoms with Gasteiger partial charge in [-0.3, -0.25) is 29.4 Å². The lowest BCUT2D eigenvalue weighted by Gasteiger charge is -2.14. The number of carbonyl (C=O) groups excluding carboxylic acids is 3. The molecule has 1 N–H and O–H groups in total. The fraction of sp³-hybridized carbons (Fsp3) is 0.0625. The summed E-state index contributed by atoms with van der Waals surface area (Å²) in [6.07, 6.45) is 0. The number of amides is 3. The van der Waals surface area contributed by atoms with Crippen molar-refractivity contribution in [3.63, 3.8) is 0 Å². The lowest BCUT2D eigenvalue weighted by molar-refractivity contribution is -0.384. The van der Waals surface area contributed by atoms with Gasteiger partial charge in [-0.15, -0.1) is 12.6 Å². The van der Waals surface area contributed by atoms with Crippen molar-refractivity contribution in [1.82, 2.24) is 4.90 Å². The molecular weight excluding hydrogens is 346 g/mol. The van der Waals surface area contributed by atoms with E-state index in [0.29, 0.717) is 10.6 Å². The van der Waals surface area contributed by atoms with E-state index in [4.69, 9.17) is 0 Å². The van der Waals surface area contributed by atoms with Crippen molar-refractivity contribution in [3.05, 3.63) is 63.7 Å². The Bertz CT molecular complexity index is 928. The predicted molar refractivity (Wildman–Crippen MR) is 90.8 cm³/mol. The molecule has 2 aromatic rings. The van der Waals surface area contributed by atoms with Crippen LogP contribution in [0.15, 0.2) is 47.4 Å². The van der Waals surface area contributed by atoms with E-state index < -0.39 is 29.2 Å². The third-order valence-electron chi connectivity index (χ3n) is 3.64. The zero-order valence-corrected chi connectivity index (χ0v) is 13.5. The largest absolute Gasteiger partial charge is 0.324 e. The summed E-state index contributed by atoms with van der Waals surface area (Å²) >= 11 is 4.20. The molecule has 3 amide bonds. The first-order valence-electron chi connectivity index (χ1n) is 7.11. The minimum absolute atomic E-state index is 0.0398. The lowest BCUT2D eigenvalue weighted by atomic mass is 10.1. The summed E-state index contributed by atoms with van der Waals surface area (Å²) in [7, 11) is 0. The van der Waals surface area contributed by atoms with Crippen molar-refractivity contribution in [2.24, 2.45) is 0 Å². The molecule has 8 nitrogen and oxygen atoms in total. The molecular formula is C16H11N3O5S. The third-order valence-corrected chi connectivity index (χ3v) is 4.03. The van der Waals surface area contributed by atoms with Gasteiger partial charge in [-0.25, -0.2) is 0 Å². The molecule has 126 valence electrons. The highest BCUT2D eigenvalue weighted by Crippen LogP contribution is 2.27. The Hall–Kier alpha value is -3.20. The van der Waals surface area contributed by atoms with Crippen LogP contribution in [0.2, 0.25) is 0 Å². The van der Waals surface area contributed by atoms with Gasteiger partial charge >= 0.3 is 0 Å². The highest BCUT2D eigenvalue weighted by Gasteiger charge is 2.37. The van der Waals surface area contributed by atoms with Crippen molar-refractivity contribution >= 4 is 41.7 Å². The third kappa shape index (κ3) is 3.09. The summed E-state index contributed by atoms with van der Waals surface area (Å²) in [5.74, 6) is -1.98. The van der Waals surface area contributed by atoms with Crippen molar-refractivity contribution in [3.8, 4) is 0 Å². The highest BCUT2D eigenvalue weighted by molar-refractivity contribution is 7.80. The number of benzene rings is 2. The Labute approximate surface area is 147 Å². The number of nitro benzene ring substituents is 1. The van der Waals surface area contributed by atoms with Crippen LogP contribution in [0.3, 0.4) is 0 Å². The first-order valence-corrected chi connectivity index (χ1v) is 7.55. The lowest BCUT2D eigenvalue weighted by Crippen LogP contribution is -2.37. The van der Waals surface area contributed by atoms with Crippen LogP contribution < -0.4 is 5.32 Å². The molecule has 0 bridgehead atoms. The van der Waals surface area contributed by atoms with Crippen LogP contribution in [0.25, 0.3) is 0 Å². The van der Waals surface area contributed by atoms with Gasteiger partial charge in [0.2, 0.25) is 5.91 Å². The Balaban J connectivity index is 1.79. The molecule has 2 aromatic carbocycles. The molecule has 25 heavy (non-hydrogen) atoms. The Morgan fingerprint density at radius 3 is 2.48 bits per heavy atom. The molecule has 0 atom stereocenters. The SMILES string of the molecule is O=C(CN1C(=O)c2ccc([N+](=O)[O-])cc2C1=O)Nc1ccccc1S. The maximum Gasteiger partial charge on any atom is 0.270 e. The summed E-state index contributed by atoms with van der Waals surface area (Å²) < 4.78 is 0. The molecule has 1 aliphatic rings. The second kappa shape index (κ2) is 6.36. The standard InChI is InChI=1S/C16H11N3O5S/c20-14(17-12-3-1-2-4-13(12)25)8-18-15(21)10-6-5-9(19(23)24)7-11(10)16(18)22/h1-7,25H,8H2,(H,17,20). The molecule has 0 fully saturated rings. The van der Waals surface area contributed by atoms with E-state index in [-0.39, 0.29) is 16.8 Å². The van der Waals surface area contributed by atoms with E-state index in [1.54, 1.807) is 24.3 Å². The summed E-state index contributed by atoms with van der Waals surface area (Å²) in [6.45, 7) is -0.498. The van der Waals surface area contributed by atoms with E-state index in [0.717, 1.165) is 17.0 Å². The van der Waals surface area contributed by atoms with Crippen LogP contribution >= 0.6 is 12.6 Å². The minimum Gasteiger partial charge on any atom is -0.324 e. The van der Waals surface area contributed by atoms with Gasteiger partial charge in [0.05, 0.1) is 21.7 Å². The summed E-state index contributed by atoms with van der Waals surface area (Å²) in [4.78, 5) is 48.2. The first kappa shape index (κ1) is 16.7. The maximum absolute atomic E-state index is 12.3. The average Bonchev–Trinajstić information content (AvgIpc) is 2.81. The monoisotopic (exact) mass is 357 g/mol. The van der Waals surface area contributed by atoms with Crippen molar-refractivity contribution in [2.45, 2.75) is 4.90 Å². The number of non-ortho nitro benzene ring substituents is 1. The van der Waals surface area contributed by atoms with Gasteiger partial charge in [0.15, 0.2) is 0 Å². The number of nitrogens with one attached hydrogen (secondary N) is 1. The van der Waals surface area contributed by atoms with Crippen molar-refractivity contribution in [2.75, 3.05) is 11.9 Å². The summed E-state index contributed by atoms with van der Waals surface area (Å²) in [5.41, 5.74) is 0.109. The number of rotatable bonds is 4. The molecule has 0 spiro atoms. The number of anilines is 1. The molecule has 9 heteroatoms. The molecule has 0 unspecified atom stereocenters. The number of para-hydroxylation sites is 1. The zero-order valence-electron chi connectivity index (χ0n) is 12.6. The summed E-state index contributed by atoms with van der Waals surface area (Å²) in [6, 6.07) is 10.2. The average molecular weight is 357 g/mol. The van der Waals surface area contributed by atoms with Gasteiger partial charge in [0, 0.05) is 17.0 Å². The van der Waals surface area contributed by atoms with Gasteiger partial charge < -0.3 is 5.32 Å². The van der Waals surface area contributed by atoms with E-state index in [1.807, 2.05) is 0 Å². The second-order valence-corrected chi connectivity index (χ2v) is 5.73. The molecule has 0 saturated carbocycles. The number of imide groups is 1. The smallest absolute Gasteiger partial charge is 0.270 e. The normalized spacial score (nSPS) is 12.9. The Morgan fingerprint density at radius 2 is 1.80 bits per heavy atom. The van der Waals surface area contributed by atoms with Crippen LogP contribution in [0, 0.1) is 10.1 Å². The Morgan fingerprint density at radius 1 is 1.12 bits per heavy atom. The molecule has 0 saturated heterocycles. The molecule has 0 aromatic heterocycles. The number of hydrogen-bond donors (Lipinski definition) is 2. The minimum atomic E-state index is -0.738.